The molecule has 1 atom stereocenters. The average Bonchev–Trinajstić information content (AvgIpc) is 2.46. The summed E-state index contributed by atoms with van der Waals surface area (Å²) >= 11 is 1.83. The van der Waals surface area contributed by atoms with Crippen LogP contribution in [-0.4, -0.2) is 12.0 Å². The molecule has 0 aliphatic heterocycles. The fourth-order valence-corrected chi connectivity index (χ4v) is 2.34. The minimum Gasteiger partial charge on any atom is -0.312 e. The quantitative estimate of drug-likeness (QED) is 0.808. The molecule has 0 fully saturated rings. The molecule has 0 aromatic carbocycles. The minimum absolute atomic E-state index is 0.421. The lowest BCUT2D eigenvalue weighted by Crippen LogP contribution is -2.11. The van der Waals surface area contributed by atoms with Crippen LogP contribution in [0.4, 0.5) is 0 Å². The SMILES string of the molecule is CN[C@H](C)c1sc(C(C)C)nc1C. The van der Waals surface area contributed by atoms with Gasteiger partial charge in [-0.25, -0.2) is 4.98 Å². The van der Waals surface area contributed by atoms with Crippen molar-refractivity contribution in [1.29, 1.82) is 0 Å². The van der Waals surface area contributed by atoms with Crippen LogP contribution in [0.3, 0.4) is 0 Å². The van der Waals surface area contributed by atoms with E-state index < -0.39 is 0 Å². The molecule has 1 aromatic rings. The number of hydrogen-bond acceptors (Lipinski definition) is 3. The zero-order valence-electron chi connectivity index (χ0n) is 9.01. The second-order valence-electron chi connectivity index (χ2n) is 3.67. The molecule has 0 aliphatic rings. The van der Waals surface area contributed by atoms with Gasteiger partial charge in [0.25, 0.3) is 0 Å². The number of nitrogens with one attached hydrogen (secondary N) is 1. The summed E-state index contributed by atoms with van der Waals surface area (Å²) in [6.45, 7) is 8.63. The van der Waals surface area contributed by atoms with E-state index in [0.717, 1.165) is 0 Å². The topological polar surface area (TPSA) is 24.9 Å². The summed E-state index contributed by atoms with van der Waals surface area (Å²) in [6, 6.07) is 0.421. The highest BCUT2D eigenvalue weighted by atomic mass is 32.1. The van der Waals surface area contributed by atoms with Gasteiger partial charge in [-0.1, -0.05) is 13.8 Å². The van der Waals surface area contributed by atoms with Gasteiger partial charge < -0.3 is 5.32 Å². The van der Waals surface area contributed by atoms with Crippen LogP contribution in [0.2, 0.25) is 0 Å². The van der Waals surface area contributed by atoms with E-state index in [9.17, 15) is 0 Å². The van der Waals surface area contributed by atoms with Crippen molar-refractivity contribution < 1.29 is 0 Å². The van der Waals surface area contributed by atoms with Crippen LogP contribution in [0.25, 0.3) is 0 Å². The minimum atomic E-state index is 0.421. The van der Waals surface area contributed by atoms with E-state index in [1.54, 1.807) is 0 Å². The van der Waals surface area contributed by atoms with Crippen molar-refractivity contribution in [3.05, 3.63) is 15.6 Å². The van der Waals surface area contributed by atoms with Crippen molar-refractivity contribution in [3.8, 4) is 0 Å². The first kappa shape index (κ1) is 10.7. The lowest BCUT2D eigenvalue weighted by Gasteiger charge is -2.07. The van der Waals surface area contributed by atoms with Gasteiger partial charge in [0, 0.05) is 16.8 Å². The van der Waals surface area contributed by atoms with Crippen molar-refractivity contribution in [3.63, 3.8) is 0 Å². The van der Waals surface area contributed by atoms with Gasteiger partial charge >= 0.3 is 0 Å². The number of aryl methyl sites for hydroxylation is 1. The van der Waals surface area contributed by atoms with Crippen molar-refractivity contribution in [2.45, 2.75) is 39.7 Å². The van der Waals surface area contributed by atoms with E-state index in [0.29, 0.717) is 12.0 Å². The van der Waals surface area contributed by atoms with E-state index >= 15 is 0 Å². The van der Waals surface area contributed by atoms with Gasteiger partial charge in [-0.3, -0.25) is 0 Å². The van der Waals surface area contributed by atoms with Crippen LogP contribution < -0.4 is 5.32 Å². The Morgan fingerprint density at radius 3 is 2.31 bits per heavy atom. The monoisotopic (exact) mass is 198 g/mol. The van der Waals surface area contributed by atoms with Gasteiger partial charge in [-0.2, -0.15) is 0 Å². The lowest BCUT2D eigenvalue weighted by atomic mass is 10.2. The molecule has 1 rings (SSSR count). The Bertz CT molecular complexity index is 278. The number of nitrogens with zero attached hydrogens (tertiary/aromatic N) is 1. The summed E-state index contributed by atoms with van der Waals surface area (Å²) in [7, 11) is 1.98. The van der Waals surface area contributed by atoms with Crippen LogP contribution in [0.15, 0.2) is 0 Å². The summed E-state index contributed by atoms with van der Waals surface area (Å²) < 4.78 is 0. The second kappa shape index (κ2) is 4.20. The molecule has 0 saturated heterocycles. The molecule has 0 bridgehead atoms. The molecule has 13 heavy (non-hydrogen) atoms. The standard InChI is InChI=1S/C10H18N2S/c1-6(2)10-12-8(4)9(13-10)7(3)11-5/h6-7,11H,1-5H3/t7-/m1/s1. The lowest BCUT2D eigenvalue weighted by molar-refractivity contribution is 0.658. The predicted molar refractivity (Wildman–Crippen MR) is 58.4 cm³/mol. The molecule has 0 unspecified atom stereocenters. The van der Waals surface area contributed by atoms with E-state index in [-0.39, 0.29) is 0 Å². The second-order valence-corrected chi connectivity index (χ2v) is 4.73. The van der Waals surface area contributed by atoms with Crippen LogP contribution in [0.1, 0.15) is 48.3 Å². The molecular weight excluding hydrogens is 180 g/mol. The van der Waals surface area contributed by atoms with Gasteiger partial charge in [-0.15, -0.1) is 11.3 Å². The summed E-state index contributed by atoms with van der Waals surface area (Å²) in [6.07, 6.45) is 0. The molecule has 1 N–H and O–H groups in total. The Balaban J connectivity index is 2.96. The van der Waals surface area contributed by atoms with E-state index in [1.807, 2.05) is 18.4 Å². The van der Waals surface area contributed by atoms with Crippen LogP contribution in [0, 0.1) is 6.92 Å². The normalized spacial score (nSPS) is 13.7. The van der Waals surface area contributed by atoms with Gasteiger partial charge in [0.05, 0.1) is 10.7 Å². The fraction of sp³-hybridized carbons (Fsp3) is 0.700. The third kappa shape index (κ3) is 2.29. The molecule has 1 heterocycles. The van der Waals surface area contributed by atoms with Crippen molar-refractivity contribution in [2.75, 3.05) is 7.05 Å². The van der Waals surface area contributed by atoms with Crippen molar-refractivity contribution in [2.24, 2.45) is 0 Å². The van der Waals surface area contributed by atoms with E-state index in [1.165, 1.54) is 15.6 Å². The van der Waals surface area contributed by atoms with Crippen molar-refractivity contribution >= 4 is 11.3 Å². The first-order valence-electron chi connectivity index (χ1n) is 4.70. The molecule has 1 aromatic heterocycles. The van der Waals surface area contributed by atoms with E-state index in [2.05, 4.69) is 38.0 Å². The van der Waals surface area contributed by atoms with E-state index in [4.69, 9.17) is 0 Å². The first-order valence-corrected chi connectivity index (χ1v) is 5.52. The van der Waals surface area contributed by atoms with Crippen molar-refractivity contribution in [1.82, 2.24) is 10.3 Å². The van der Waals surface area contributed by atoms with Gasteiger partial charge in [0.15, 0.2) is 0 Å². The van der Waals surface area contributed by atoms with Crippen LogP contribution in [-0.2, 0) is 0 Å². The molecular formula is C10H18N2S. The third-order valence-corrected chi connectivity index (χ3v) is 3.81. The van der Waals surface area contributed by atoms with Crippen LogP contribution in [0.5, 0.6) is 0 Å². The molecule has 0 aliphatic carbocycles. The maximum atomic E-state index is 4.56. The largest absolute Gasteiger partial charge is 0.312 e. The predicted octanol–water partition coefficient (Wildman–Crippen LogP) is 2.86. The fourth-order valence-electron chi connectivity index (χ4n) is 1.21. The van der Waals surface area contributed by atoms with Crippen LogP contribution >= 0.6 is 11.3 Å². The highest BCUT2D eigenvalue weighted by Crippen LogP contribution is 2.28. The number of rotatable bonds is 3. The smallest absolute Gasteiger partial charge is 0.0956 e. The molecule has 74 valence electrons. The molecule has 0 radical (unpaired) electrons. The number of thiazole rings is 1. The highest BCUT2D eigenvalue weighted by molar-refractivity contribution is 7.11. The molecule has 0 amide bonds. The Hall–Kier alpha value is -0.410. The van der Waals surface area contributed by atoms with Gasteiger partial charge in [0.1, 0.15) is 0 Å². The summed E-state index contributed by atoms with van der Waals surface area (Å²) in [5.74, 6) is 0.543. The average molecular weight is 198 g/mol. The number of hydrogen-bond donors (Lipinski definition) is 1. The highest BCUT2D eigenvalue weighted by Gasteiger charge is 2.13. The first-order chi connectivity index (χ1) is 6.06. The Morgan fingerprint density at radius 2 is 1.92 bits per heavy atom. The summed E-state index contributed by atoms with van der Waals surface area (Å²) in [4.78, 5) is 5.92. The van der Waals surface area contributed by atoms with Gasteiger partial charge in [-0.05, 0) is 20.9 Å². The Morgan fingerprint density at radius 1 is 1.31 bits per heavy atom. The number of aromatic nitrogens is 1. The molecule has 0 spiro atoms. The molecule has 2 nitrogen and oxygen atoms in total. The summed E-state index contributed by atoms with van der Waals surface area (Å²) in [5, 5.41) is 4.49. The molecule has 0 saturated carbocycles. The maximum Gasteiger partial charge on any atom is 0.0956 e. The van der Waals surface area contributed by atoms with Gasteiger partial charge in [0.2, 0.25) is 0 Å². The zero-order valence-corrected chi connectivity index (χ0v) is 9.83. The Labute approximate surface area is 84.4 Å². The Kier molecular flexibility index (Phi) is 3.45. The zero-order chi connectivity index (χ0) is 10.0. The molecule has 3 heteroatoms. The summed E-state index contributed by atoms with van der Waals surface area (Å²) in [5.41, 5.74) is 1.18. The maximum absolute atomic E-state index is 4.56. The third-order valence-electron chi connectivity index (χ3n) is 2.17.